The van der Waals surface area contributed by atoms with Crippen molar-refractivity contribution in [3.8, 4) is 0 Å². The molecule has 0 rings (SSSR count). The van der Waals surface area contributed by atoms with Crippen LogP contribution in [0.25, 0.3) is 0 Å². The van der Waals surface area contributed by atoms with E-state index in [1.165, 1.54) is 7.11 Å². The lowest BCUT2D eigenvalue weighted by Gasteiger charge is -2.26. The Morgan fingerprint density at radius 3 is 2.57 bits per heavy atom. The van der Waals surface area contributed by atoms with Gasteiger partial charge in [-0.2, -0.15) is 0 Å². The van der Waals surface area contributed by atoms with Gasteiger partial charge in [0.05, 0.1) is 13.5 Å². The molecule has 0 aliphatic heterocycles. The highest BCUT2D eigenvalue weighted by Crippen LogP contribution is 2.19. The number of nitrogens with two attached hydrogens (primary N) is 1. The molecular formula is C10H20ClNO2. The molecule has 0 bridgehead atoms. The number of hydrogen-bond donors (Lipinski definition) is 1. The Morgan fingerprint density at radius 2 is 2.21 bits per heavy atom. The van der Waals surface area contributed by atoms with Crippen LogP contribution in [0.4, 0.5) is 0 Å². The third kappa shape index (κ3) is 6.00. The van der Waals surface area contributed by atoms with E-state index in [4.69, 9.17) is 5.73 Å². The standard InChI is InChI=1S/C10H19NO2.ClH/c1-4-6-7-10(11,5-2)8-9(12)13-3;/h4H,1,5-8,11H2,2-3H3;1H/t10-;/m1./s1. The summed E-state index contributed by atoms with van der Waals surface area (Å²) in [7, 11) is 1.38. The van der Waals surface area contributed by atoms with Crippen LogP contribution in [0.5, 0.6) is 0 Å². The van der Waals surface area contributed by atoms with E-state index in [0.717, 1.165) is 19.3 Å². The number of rotatable bonds is 6. The number of methoxy groups -OCH3 is 1. The number of halogens is 1. The zero-order chi connectivity index (χ0) is 10.3. The monoisotopic (exact) mass is 221 g/mol. The van der Waals surface area contributed by atoms with Gasteiger partial charge in [0.1, 0.15) is 0 Å². The summed E-state index contributed by atoms with van der Waals surface area (Å²) in [5, 5.41) is 0. The summed E-state index contributed by atoms with van der Waals surface area (Å²) in [6, 6.07) is 0. The molecule has 0 saturated carbocycles. The Morgan fingerprint density at radius 1 is 1.64 bits per heavy atom. The molecule has 0 heterocycles. The summed E-state index contributed by atoms with van der Waals surface area (Å²) in [6.45, 7) is 5.60. The zero-order valence-electron chi connectivity index (χ0n) is 8.91. The van der Waals surface area contributed by atoms with Gasteiger partial charge in [0.2, 0.25) is 0 Å². The molecule has 0 fully saturated rings. The minimum atomic E-state index is -0.429. The number of carbonyl (C=O) groups is 1. The molecular weight excluding hydrogens is 202 g/mol. The molecule has 0 aromatic carbocycles. The van der Waals surface area contributed by atoms with E-state index in [9.17, 15) is 4.79 Å². The van der Waals surface area contributed by atoms with Crippen molar-refractivity contribution >= 4 is 18.4 Å². The van der Waals surface area contributed by atoms with Gasteiger partial charge in [-0.25, -0.2) is 0 Å². The van der Waals surface area contributed by atoms with Gasteiger partial charge in [-0.1, -0.05) is 13.0 Å². The third-order valence-electron chi connectivity index (χ3n) is 2.27. The van der Waals surface area contributed by atoms with E-state index < -0.39 is 5.54 Å². The van der Waals surface area contributed by atoms with Crippen LogP contribution in [0.3, 0.4) is 0 Å². The largest absolute Gasteiger partial charge is 0.469 e. The van der Waals surface area contributed by atoms with Crippen molar-refractivity contribution in [2.75, 3.05) is 7.11 Å². The molecule has 1 atom stereocenters. The molecule has 0 aliphatic carbocycles. The molecule has 0 radical (unpaired) electrons. The Bertz CT molecular complexity index is 185. The van der Waals surface area contributed by atoms with Crippen LogP contribution < -0.4 is 5.73 Å². The predicted octanol–water partition coefficient (Wildman–Crippen LogP) is 2.05. The maximum Gasteiger partial charge on any atom is 0.307 e. The van der Waals surface area contributed by atoms with Gasteiger partial charge in [0.15, 0.2) is 0 Å². The second-order valence-corrected chi connectivity index (χ2v) is 3.30. The van der Waals surface area contributed by atoms with Crippen LogP contribution in [-0.4, -0.2) is 18.6 Å². The fourth-order valence-corrected chi connectivity index (χ4v) is 1.14. The van der Waals surface area contributed by atoms with Crippen LogP contribution in [0.15, 0.2) is 12.7 Å². The number of esters is 1. The lowest BCUT2D eigenvalue weighted by atomic mass is 9.88. The van der Waals surface area contributed by atoms with Crippen LogP contribution in [-0.2, 0) is 9.53 Å². The first-order chi connectivity index (χ1) is 6.08. The highest BCUT2D eigenvalue weighted by atomic mass is 35.5. The van der Waals surface area contributed by atoms with E-state index in [2.05, 4.69) is 11.3 Å². The number of ether oxygens (including phenoxy) is 1. The first kappa shape index (κ1) is 15.9. The van der Waals surface area contributed by atoms with Crippen LogP contribution in [0, 0.1) is 0 Å². The van der Waals surface area contributed by atoms with Crippen molar-refractivity contribution < 1.29 is 9.53 Å². The fourth-order valence-electron chi connectivity index (χ4n) is 1.14. The quantitative estimate of drug-likeness (QED) is 0.552. The SMILES string of the molecule is C=CCC[C@](N)(CC)CC(=O)OC.Cl. The summed E-state index contributed by atoms with van der Waals surface area (Å²) in [6.07, 6.45) is 4.49. The summed E-state index contributed by atoms with van der Waals surface area (Å²) in [4.78, 5) is 11.0. The lowest BCUT2D eigenvalue weighted by molar-refractivity contribution is -0.142. The number of carbonyl (C=O) groups excluding carboxylic acids is 1. The molecule has 0 saturated heterocycles. The van der Waals surface area contributed by atoms with Crippen LogP contribution >= 0.6 is 12.4 Å². The minimum Gasteiger partial charge on any atom is -0.469 e. The van der Waals surface area contributed by atoms with Crippen molar-refractivity contribution in [1.82, 2.24) is 0 Å². The number of hydrogen-bond acceptors (Lipinski definition) is 3. The third-order valence-corrected chi connectivity index (χ3v) is 2.27. The highest BCUT2D eigenvalue weighted by molar-refractivity contribution is 5.85. The molecule has 14 heavy (non-hydrogen) atoms. The number of allylic oxidation sites excluding steroid dienone is 1. The average Bonchev–Trinajstić information content (AvgIpc) is 2.14. The second-order valence-electron chi connectivity index (χ2n) is 3.30. The van der Waals surface area contributed by atoms with Gasteiger partial charge in [0.25, 0.3) is 0 Å². The Hall–Kier alpha value is -0.540. The maximum absolute atomic E-state index is 11.0. The summed E-state index contributed by atoms with van der Waals surface area (Å²) in [5.41, 5.74) is 5.58. The van der Waals surface area contributed by atoms with Crippen molar-refractivity contribution in [3.05, 3.63) is 12.7 Å². The van der Waals surface area contributed by atoms with E-state index in [1.54, 1.807) is 0 Å². The smallest absolute Gasteiger partial charge is 0.307 e. The minimum absolute atomic E-state index is 0. The van der Waals surface area contributed by atoms with Gasteiger partial charge in [-0.05, 0) is 19.3 Å². The molecule has 3 nitrogen and oxygen atoms in total. The molecule has 0 spiro atoms. The van der Waals surface area contributed by atoms with E-state index >= 15 is 0 Å². The van der Waals surface area contributed by atoms with Gasteiger partial charge >= 0.3 is 5.97 Å². The van der Waals surface area contributed by atoms with E-state index in [1.807, 2.05) is 13.0 Å². The van der Waals surface area contributed by atoms with Gasteiger partial charge in [-0.15, -0.1) is 19.0 Å². The molecule has 0 aromatic heterocycles. The normalized spacial score (nSPS) is 13.6. The molecule has 0 aliphatic rings. The molecule has 0 unspecified atom stereocenters. The summed E-state index contributed by atoms with van der Waals surface area (Å²) >= 11 is 0. The van der Waals surface area contributed by atoms with E-state index in [-0.39, 0.29) is 24.8 Å². The van der Waals surface area contributed by atoms with Gasteiger partial charge in [-0.3, -0.25) is 4.79 Å². The van der Waals surface area contributed by atoms with Crippen molar-refractivity contribution in [2.24, 2.45) is 5.73 Å². The fraction of sp³-hybridized carbons (Fsp3) is 0.700. The highest BCUT2D eigenvalue weighted by Gasteiger charge is 2.25. The first-order valence-electron chi connectivity index (χ1n) is 4.54. The van der Waals surface area contributed by atoms with Gasteiger partial charge in [0, 0.05) is 5.54 Å². The Balaban J connectivity index is 0. The van der Waals surface area contributed by atoms with E-state index in [0.29, 0.717) is 0 Å². The molecule has 0 amide bonds. The van der Waals surface area contributed by atoms with Gasteiger partial charge < -0.3 is 10.5 Å². The van der Waals surface area contributed by atoms with Crippen molar-refractivity contribution in [3.63, 3.8) is 0 Å². The van der Waals surface area contributed by atoms with Crippen LogP contribution in [0.2, 0.25) is 0 Å². The zero-order valence-corrected chi connectivity index (χ0v) is 9.73. The molecule has 2 N–H and O–H groups in total. The maximum atomic E-state index is 11.0. The van der Waals surface area contributed by atoms with Crippen LogP contribution in [0.1, 0.15) is 32.6 Å². The topological polar surface area (TPSA) is 52.3 Å². The Kier molecular flexibility index (Phi) is 8.89. The molecule has 0 aromatic rings. The predicted molar refractivity (Wildman–Crippen MR) is 60.5 cm³/mol. The summed E-state index contributed by atoms with van der Waals surface area (Å²) in [5.74, 6) is -0.242. The summed E-state index contributed by atoms with van der Waals surface area (Å²) < 4.78 is 4.58. The lowest BCUT2D eigenvalue weighted by Crippen LogP contribution is -2.41. The Labute approximate surface area is 92.1 Å². The molecule has 4 heteroatoms. The first-order valence-corrected chi connectivity index (χ1v) is 4.54. The van der Waals surface area contributed by atoms with Crippen molar-refractivity contribution in [2.45, 2.75) is 38.1 Å². The molecule has 84 valence electrons. The average molecular weight is 222 g/mol. The van der Waals surface area contributed by atoms with Crippen molar-refractivity contribution in [1.29, 1.82) is 0 Å². The second kappa shape index (κ2) is 7.83.